The fourth-order valence-corrected chi connectivity index (χ4v) is 2.41. The topological polar surface area (TPSA) is 104 Å². The van der Waals surface area contributed by atoms with E-state index in [0.717, 1.165) is 0 Å². The van der Waals surface area contributed by atoms with Gasteiger partial charge in [-0.05, 0) is 6.92 Å². The summed E-state index contributed by atoms with van der Waals surface area (Å²) in [6, 6.07) is 5.06. The lowest BCUT2D eigenvalue weighted by Gasteiger charge is -2.11. The van der Waals surface area contributed by atoms with E-state index >= 15 is 0 Å². The van der Waals surface area contributed by atoms with Gasteiger partial charge in [-0.15, -0.1) is 0 Å². The van der Waals surface area contributed by atoms with Crippen molar-refractivity contribution in [1.82, 2.24) is 15.0 Å². The minimum atomic E-state index is -0.987. The van der Waals surface area contributed by atoms with Crippen molar-refractivity contribution >= 4 is 17.0 Å². The van der Waals surface area contributed by atoms with E-state index in [0.29, 0.717) is 46.3 Å². The Morgan fingerprint density at radius 2 is 1.92 bits per heavy atom. The lowest BCUT2D eigenvalue weighted by atomic mass is 10.2. The first kappa shape index (κ1) is 17.4. The van der Waals surface area contributed by atoms with Crippen LogP contribution in [0.1, 0.15) is 12.6 Å². The SMILES string of the molecule is CCOc1cnc2c(Oc3cnc(CC(=O)O)c(OC)c3)ccnc2c1. The second kappa shape index (κ2) is 7.64. The molecule has 0 saturated heterocycles. The molecule has 0 aliphatic rings. The molecule has 0 unspecified atom stereocenters. The van der Waals surface area contributed by atoms with Crippen LogP contribution in [0.2, 0.25) is 0 Å². The Bertz CT molecular complexity index is 945. The number of carboxylic acid groups (broad SMARTS) is 1. The van der Waals surface area contributed by atoms with Gasteiger partial charge in [-0.2, -0.15) is 0 Å². The summed E-state index contributed by atoms with van der Waals surface area (Å²) in [5, 5.41) is 8.92. The molecule has 0 atom stereocenters. The number of nitrogens with zero attached hydrogens (tertiary/aromatic N) is 3. The molecule has 3 rings (SSSR count). The Kier molecular flexibility index (Phi) is 5.12. The number of hydrogen-bond acceptors (Lipinski definition) is 7. The second-order valence-corrected chi connectivity index (χ2v) is 5.27. The Morgan fingerprint density at radius 3 is 2.65 bits per heavy atom. The molecule has 0 bridgehead atoms. The molecule has 0 fully saturated rings. The lowest BCUT2D eigenvalue weighted by molar-refractivity contribution is -0.136. The Labute approximate surface area is 149 Å². The Hall–Kier alpha value is -3.42. The van der Waals surface area contributed by atoms with Gasteiger partial charge in [-0.1, -0.05) is 0 Å². The van der Waals surface area contributed by atoms with Crippen LogP contribution in [0.5, 0.6) is 23.0 Å². The van der Waals surface area contributed by atoms with Crippen molar-refractivity contribution in [2.24, 2.45) is 0 Å². The van der Waals surface area contributed by atoms with Crippen molar-refractivity contribution in [2.45, 2.75) is 13.3 Å². The van der Waals surface area contributed by atoms with Gasteiger partial charge in [0, 0.05) is 24.4 Å². The van der Waals surface area contributed by atoms with Crippen molar-refractivity contribution < 1.29 is 24.1 Å². The molecule has 1 N–H and O–H groups in total. The molecule has 134 valence electrons. The van der Waals surface area contributed by atoms with Gasteiger partial charge in [0.2, 0.25) is 0 Å². The quantitative estimate of drug-likeness (QED) is 0.690. The summed E-state index contributed by atoms with van der Waals surface area (Å²) in [5.74, 6) is 0.881. The van der Waals surface area contributed by atoms with Gasteiger partial charge in [0.15, 0.2) is 5.75 Å². The smallest absolute Gasteiger partial charge is 0.309 e. The van der Waals surface area contributed by atoms with Crippen LogP contribution >= 0.6 is 0 Å². The molecular formula is C18H17N3O5. The van der Waals surface area contributed by atoms with Crippen molar-refractivity contribution in [2.75, 3.05) is 13.7 Å². The third-order valence-corrected chi connectivity index (χ3v) is 3.50. The maximum absolute atomic E-state index is 10.9. The standard InChI is InChI=1S/C18H17N3O5/c1-3-25-11-6-14-18(21-9-11)15(4-5-19-14)26-12-7-16(24-2)13(20-10-12)8-17(22)23/h4-7,9-10H,3,8H2,1-2H3,(H,22,23). The molecule has 3 aromatic heterocycles. The molecule has 8 heteroatoms. The van der Waals surface area contributed by atoms with Gasteiger partial charge in [0.05, 0.1) is 43.7 Å². The lowest BCUT2D eigenvalue weighted by Crippen LogP contribution is -2.05. The predicted octanol–water partition coefficient (Wildman–Crippen LogP) is 2.85. The number of carboxylic acids is 1. The number of rotatable bonds is 7. The highest BCUT2D eigenvalue weighted by Crippen LogP contribution is 2.31. The first-order chi connectivity index (χ1) is 12.6. The zero-order chi connectivity index (χ0) is 18.5. The fraction of sp³-hybridized carbons (Fsp3) is 0.222. The van der Waals surface area contributed by atoms with Crippen LogP contribution in [0, 0.1) is 0 Å². The second-order valence-electron chi connectivity index (χ2n) is 5.27. The average Bonchev–Trinajstić information content (AvgIpc) is 2.63. The van der Waals surface area contributed by atoms with E-state index in [1.165, 1.54) is 13.3 Å². The maximum atomic E-state index is 10.9. The van der Waals surface area contributed by atoms with E-state index in [-0.39, 0.29) is 6.42 Å². The van der Waals surface area contributed by atoms with Gasteiger partial charge in [0.25, 0.3) is 0 Å². The summed E-state index contributed by atoms with van der Waals surface area (Å²) in [4.78, 5) is 23.6. The summed E-state index contributed by atoms with van der Waals surface area (Å²) in [6.07, 6.45) is 4.43. The third-order valence-electron chi connectivity index (χ3n) is 3.50. The number of pyridine rings is 3. The molecule has 26 heavy (non-hydrogen) atoms. The molecule has 0 aliphatic heterocycles. The van der Waals surface area contributed by atoms with Crippen molar-refractivity contribution in [3.05, 3.63) is 42.5 Å². The van der Waals surface area contributed by atoms with E-state index in [1.807, 2.05) is 6.92 Å². The normalized spacial score (nSPS) is 10.5. The van der Waals surface area contributed by atoms with Crippen LogP contribution in [0.3, 0.4) is 0 Å². The van der Waals surface area contributed by atoms with E-state index < -0.39 is 5.97 Å². The maximum Gasteiger partial charge on any atom is 0.309 e. The van der Waals surface area contributed by atoms with Crippen molar-refractivity contribution in [3.8, 4) is 23.0 Å². The molecule has 3 aromatic rings. The van der Waals surface area contributed by atoms with E-state index in [1.54, 1.807) is 30.6 Å². The fourth-order valence-electron chi connectivity index (χ4n) is 2.41. The molecule has 8 nitrogen and oxygen atoms in total. The predicted molar refractivity (Wildman–Crippen MR) is 92.9 cm³/mol. The van der Waals surface area contributed by atoms with Gasteiger partial charge in [-0.25, -0.2) is 4.98 Å². The zero-order valence-corrected chi connectivity index (χ0v) is 14.3. The minimum absolute atomic E-state index is 0.233. The highest BCUT2D eigenvalue weighted by Gasteiger charge is 2.13. The molecular weight excluding hydrogens is 338 g/mol. The van der Waals surface area contributed by atoms with Crippen LogP contribution in [0.15, 0.2) is 36.8 Å². The monoisotopic (exact) mass is 355 g/mol. The summed E-state index contributed by atoms with van der Waals surface area (Å²) >= 11 is 0. The Balaban J connectivity index is 1.92. The molecule has 0 amide bonds. The molecule has 0 aliphatic carbocycles. The summed E-state index contributed by atoms with van der Waals surface area (Å²) in [6.45, 7) is 2.43. The number of hydrogen-bond donors (Lipinski definition) is 1. The van der Waals surface area contributed by atoms with Crippen molar-refractivity contribution in [3.63, 3.8) is 0 Å². The number of aromatic nitrogens is 3. The molecule has 0 spiro atoms. The van der Waals surface area contributed by atoms with Crippen LogP contribution in [-0.2, 0) is 11.2 Å². The number of ether oxygens (including phenoxy) is 3. The zero-order valence-electron chi connectivity index (χ0n) is 14.3. The van der Waals surface area contributed by atoms with E-state index in [4.69, 9.17) is 19.3 Å². The number of aliphatic carboxylic acids is 1. The number of fused-ring (bicyclic) bond motifs is 1. The van der Waals surface area contributed by atoms with Crippen LogP contribution in [0.25, 0.3) is 11.0 Å². The Morgan fingerprint density at radius 1 is 1.12 bits per heavy atom. The van der Waals surface area contributed by atoms with Crippen LogP contribution in [-0.4, -0.2) is 39.7 Å². The van der Waals surface area contributed by atoms with Crippen LogP contribution < -0.4 is 14.2 Å². The number of methoxy groups -OCH3 is 1. The first-order valence-corrected chi connectivity index (χ1v) is 7.90. The van der Waals surface area contributed by atoms with Crippen molar-refractivity contribution in [1.29, 1.82) is 0 Å². The summed E-state index contributed by atoms with van der Waals surface area (Å²) in [5.41, 5.74) is 1.53. The highest BCUT2D eigenvalue weighted by atomic mass is 16.5. The minimum Gasteiger partial charge on any atom is -0.495 e. The van der Waals surface area contributed by atoms with E-state index in [2.05, 4.69) is 15.0 Å². The van der Waals surface area contributed by atoms with Gasteiger partial charge in [-0.3, -0.25) is 14.8 Å². The van der Waals surface area contributed by atoms with E-state index in [9.17, 15) is 4.79 Å². The number of carbonyl (C=O) groups is 1. The van der Waals surface area contributed by atoms with Crippen LogP contribution in [0.4, 0.5) is 0 Å². The van der Waals surface area contributed by atoms with Gasteiger partial charge in [0.1, 0.15) is 22.8 Å². The molecule has 0 aromatic carbocycles. The third kappa shape index (κ3) is 3.80. The average molecular weight is 355 g/mol. The molecule has 3 heterocycles. The highest BCUT2D eigenvalue weighted by molar-refractivity contribution is 5.81. The van der Waals surface area contributed by atoms with Gasteiger partial charge >= 0.3 is 5.97 Å². The van der Waals surface area contributed by atoms with Gasteiger partial charge < -0.3 is 19.3 Å². The summed E-state index contributed by atoms with van der Waals surface area (Å²) < 4.78 is 16.5. The first-order valence-electron chi connectivity index (χ1n) is 7.90. The molecule has 0 radical (unpaired) electrons. The summed E-state index contributed by atoms with van der Waals surface area (Å²) in [7, 11) is 1.45. The molecule has 0 saturated carbocycles. The largest absolute Gasteiger partial charge is 0.495 e.